The van der Waals surface area contributed by atoms with Crippen molar-refractivity contribution in [3.8, 4) is 6.07 Å². The van der Waals surface area contributed by atoms with Crippen LogP contribution in [0.15, 0.2) is 24.3 Å². The highest BCUT2D eigenvalue weighted by atomic mass is 19.4. The summed E-state index contributed by atoms with van der Waals surface area (Å²) in [5, 5.41) is 8.89. The Balaban J connectivity index is 3.22. The maximum absolute atomic E-state index is 12.5. The highest BCUT2D eigenvalue weighted by molar-refractivity contribution is 5.41. The van der Waals surface area contributed by atoms with E-state index < -0.39 is 18.2 Å². The normalized spacial score (nSPS) is 15.1. The Labute approximate surface area is 97.6 Å². The molecular weight excluding hydrogens is 231 g/mol. The van der Waals surface area contributed by atoms with E-state index in [9.17, 15) is 13.2 Å². The van der Waals surface area contributed by atoms with Crippen LogP contribution < -0.4 is 0 Å². The number of ether oxygens (including phenoxy) is 1. The summed E-state index contributed by atoms with van der Waals surface area (Å²) < 4.78 is 42.5. The zero-order chi connectivity index (χ0) is 13.1. The average molecular weight is 243 g/mol. The first kappa shape index (κ1) is 13.5. The summed E-state index contributed by atoms with van der Waals surface area (Å²) in [6, 6.07) is 8.02. The van der Waals surface area contributed by atoms with Crippen LogP contribution in [0.3, 0.4) is 0 Å². The molecule has 0 spiro atoms. The molecule has 2 nitrogen and oxygen atoms in total. The van der Waals surface area contributed by atoms with Gasteiger partial charge in [-0.3, -0.25) is 0 Å². The molecule has 0 saturated carbocycles. The van der Waals surface area contributed by atoms with Gasteiger partial charge in [0.2, 0.25) is 0 Å². The van der Waals surface area contributed by atoms with E-state index in [0.717, 1.165) is 0 Å². The lowest BCUT2D eigenvalue weighted by Crippen LogP contribution is -2.32. The van der Waals surface area contributed by atoms with E-state index >= 15 is 0 Å². The van der Waals surface area contributed by atoms with Crippen molar-refractivity contribution in [2.45, 2.75) is 25.1 Å². The van der Waals surface area contributed by atoms with Crippen LogP contribution in [0.5, 0.6) is 0 Å². The van der Waals surface area contributed by atoms with Crippen LogP contribution in [0.25, 0.3) is 0 Å². The Kier molecular flexibility index (Phi) is 3.79. The molecule has 5 heteroatoms. The molecule has 0 fully saturated rings. The van der Waals surface area contributed by atoms with Crippen molar-refractivity contribution >= 4 is 0 Å². The van der Waals surface area contributed by atoms with Gasteiger partial charge >= 0.3 is 6.18 Å². The molecule has 0 aromatic heterocycles. The zero-order valence-electron chi connectivity index (χ0n) is 9.51. The topological polar surface area (TPSA) is 33.0 Å². The molecular formula is C12H12F3NO. The van der Waals surface area contributed by atoms with E-state index in [-0.39, 0.29) is 11.1 Å². The fraction of sp³-hybridized carbons (Fsp3) is 0.417. The average Bonchev–Trinajstić information content (AvgIpc) is 2.26. The van der Waals surface area contributed by atoms with Crippen molar-refractivity contribution in [3.63, 3.8) is 0 Å². The lowest BCUT2D eigenvalue weighted by molar-refractivity contribution is -0.181. The number of benzene rings is 1. The Hall–Kier alpha value is -1.54. The van der Waals surface area contributed by atoms with Crippen molar-refractivity contribution in [2.24, 2.45) is 0 Å². The SMILES string of the molecule is COC(C)(CC(F)(F)F)c1ccccc1C#N. The number of hydrogen-bond acceptors (Lipinski definition) is 2. The zero-order valence-corrected chi connectivity index (χ0v) is 9.51. The number of rotatable bonds is 3. The molecule has 0 bridgehead atoms. The van der Waals surface area contributed by atoms with Crippen molar-refractivity contribution in [3.05, 3.63) is 35.4 Å². The maximum Gasteiger partial charge on any atom is 0.392 e. The quantitative estimate of drug-likeness (QED) is 0.815. The van der Waals surface area contributed by atoms with Gasteiger partial charge in [-0.2, -0.15) is 18.4 Å². The van der Waals surface area contributed by atoms with Gasteiger partial charge in [-0.05, 0) is 13.0 Å². The van der Waals surface area contributed by atoms with Gasteiger partial charge < -0.3 is 4.74 Å². The van der Waals surface area contributed by atoms with Crippen molar-refractivity contribution in [1.82, 2.24) is 0 Å². The summed E-state index contributed by atoms with van der Waals surface area (Å²) in [6.45, 7) is 1.33. The highest BCUT2D eigenvalue weighted by Gasteiger charge is 2.41. The fourth-order valence-corrected chi connectivity index (χ4v) is 1.70. The van der Waals surface area contributed by atoms with Crippen LogP contribution in [0.2, 0.25) is 0 Å². The fourth-order valence-electron chi connectivity index (χ4n) is 1.70. The van der Waals surface area contributed by atoms with Crippen molar-refractivity contribution in [1.29, 1.82) is 5.26 Å². The monoisotopic (exact) mass is 243 g/mol. The van der Waals surface area contributed by atoms with Crippen LogP contribution in [-0.2, 0) is 10.3 Å². The highest BCUT2D eigenvalue weighted by Crippen LogP contribution is 2.38. The minimum atomic E-state index is -4.35. The molecule has 0 heterocycles. The lowest BCUT2D eigenvalue weighted by atomic mass is 9.88. The van der Waals surface area contributed by atoms with Gasteiger partial charge in [0, 0.05) is 12.7 Å². The summed E-state index contributed by atoms with van der Waals surface area (Å²) in [5.41, 5.74) is -1.09. The molecule has 0 radical (unpaired) electrons. The second-order valence-electron chi connectivity index (χ2n) is 3.88. The number of nitriles is 1. The standard InChI is InChI=1S/C12H12F3NO/c1-11(17-2,8-12(13,14)15)10-6-4-3-5-9(10)7-16/h3-6H,8H2,1-2H3. The predicted molar refractivity (Wildman–Crippen MR) is 56.2 cm³/mol. The Morgan fingerprint density at radius 3 is 2.35 bits per heavy atom. The molecule has 92 valence electrons. The van der Waals surface area contributed by atoms with E-state index in [1.807, 2.05) is 6.07 Å². The summed E-state index contributed by atoms with van der Waals surface area (Å²) in [6.07, 6.45) is -5.48. The summed E-state index contributed by atoms with van der Waals surface area (Å²) >= 11 is 0. The van der Waals surface area contributed by atoms with Gasteiger partial charge in [0.05, 0.1) is 23.7 Å². The number of methoxy groups -OCH3 is 1. The molecule has 1 atom stereocenters. The molecule has 0 amide bonds. The first-order valence-electron chi connectivity index (χ1n) is 4.94. The van der Waals surface area contributed by atoms with Crippen LogP contribution in [0.1, 0.15) is 24.5 Å². The van der Waals surface area contributed by atoms with Crippen LogP contribution in [0.4, 0.5) is 13.2 Å². The Bertz CT molecular complexity index is 436. The molecule has 1 aromatic rings. The molecule has 17 heavy (non-hydrogen) atoms. The third-order valence-electron chi connectivity index (χ3n) is 2.61. The third kappa shape index (κ3) is 3.21. The van der Waals surface area contributed by atoms with Gasteiger partial charge in [-0.1, -0.05) is 18.2 Å². The smallest absolute Gasteiger partial charge is 0.373 e. The third-order valence-corrected chi connectivity index (χ3v) is 2.61. The number of nitrogens with zero attached hydrogens (tertiary/aromatic N) is 1. The molecule has 0 aliphatic heterocycles. The summed E-state index contributed by atoms with van der Waals surface area (Å²) in [5.74, 6) is 0. The summed E-state index contributed by atoms with van der Waals surface area (Å²) in [4.78, 5) is 0. The number of hydrogen-bond donors (Lipinski definition) is 0. The molecule has 0 N–H and O–H groups in total. The molecule has 0 saturated heterocycles. The van der Waals surface area contributed by atoms with E-state index in [2.05, 4.69) is 0 Å². The molecule has 1 rings (SSSR count). The number of alkyl halides is 3. The van der Waals surface area contributed by atoms with Gasteiger partial charge in [-0.25, -0.2) is 0 Å². The van der Waals surface area contributed by atoms with E-state index in [1.165, 1.54) is 26.2 Å². The first-order valence-corrected chi connectivity index (χ1v) is 4.94. The molecule has 1 aromatic carbocycles. The van der Waals surface area contributed by atoms with E-state index in [4.69, 9.17) is 10.00 Å². The minimum absolute atomic E-state index is 0.195. The molecule has 0 aliphatic carbocycles. The van der Waals surface area contributed by atoms with Gasteiger partial charge in [0.1, 0.15) is 0 Å². The van der Waals surface area contributed by atoms with E-state index in [0.29, 0.717) is 0 Å². The summed E-state index contributed by atoms with van der Waals surface area (Å²) in [7, 11) is 1.21. The van der Waals surface area contributed by atoms with Gasteiger partial charge in [0.15, 0.2) is 0 Å². The molecule has 1 unspecified atom stereocenters. The molecule has 0 aliphatic rings. The second kappa shape index (κ2) is 4.76. The van der Waals surface area contributed by atoms with Gasteiger partial charge in [0.25, 0.3) is 0 Å². The first-order chi connectivity index (χ1) is 7.82. The lowest BCUT2D eigenvalue weighted by Gasteiger charge is -2.30. The number of halogens is 3. The van der Waals surface area contributed by atoms with Crippen molar-refractivity contribution < 1.29 is 17.9 Å². The Morgan fingerprint density at radius 1 is 1.29 bits per heavy atom. The maximum atomic E-state index is 12.5. The van der Waals surface area contributed by atoms with Gasteiger partial charge in [-0.15, -0.1) is 0 Å². The van der Waals surface area contributed by atoms with Crippen LogP contribution >= 0.6 is 0 Å². The van der Waals surface area contributed by atoms with Crippen LogP contribution in [-0.4, -0.2) is 13.3 Å². The Morgan fingerprint density at radius 2 is 1.88 bits per heavy atom. The minimum Gasteiger partial charge on any atom is -0.373 e. The van der Waals surface area contributed by atoms with E-state index in [1.54, 1.807) is 12.1 Å². The van der Waals surface area contributed by atoms with Crippen molar-refractivity contribution in [2.75, 3.05) is 7.11 Å². The largest absolute Gasteiger partial charge is 0.392 e. The second-order valence-corrected chi connectivity index (χ2v) is 3.88. The predicted octanol–water partition coefficient (Wildman–Crippen LogP) is 3.37. The van der Waals surface area contributed by atoms with Crippen LogP contribution in [0, 0.1) is 11.3 Å².